The summed E-state index contributed by atoms with van der Waals surface area (Å²) in [6.07, 6.45) is 0.754. The van der Waals surface area contributed by atoms with E-state index >= 15 is 0 Å². The van der Waals surface area contributed by atoms with Crippen LogP contribution in [0.25, 0.3) is 21.7 Å². The minimum Gasteiger partial charge on any atom is -0.504 e. The van der Waals surface area contributed by atoms with Crippen LogP contribution in [0.1, 0.15) is 23.0 Å². The van der Waals surface area contributed by atoms with Crippen LogP contribution in [-0.4, -0.2) is 34.3 Å². The SMILES string of the molecule is CCOC(=O)c1cc(-c2cccs2)c2n1CCc1cc(OC)c(O)cc1-2.ClB(Cl)Cl. The number of aryl methyl sites for hydroxylation is 1. The molecule has 2 aromatic heterocycles. The molecule has 3 aromatic rings. The summed E-state index contributed by atoms with van der Waals surface area (Å²) in [7, 11) is 1.54. The lowest BCUT2D eigenvalue weighted by Crippen LogP contribution is -2.17. The first-order valence-corrected chi connectivity index (χ1v) is 11.3. The number of carbonyl (C=O) groups excluding carboxylic acids is 1. The summed E-state index contributed by atoms with van der Waals surface area (Å²) < 4.78 is 12.5. The summed E-state index contributed by atoms with van der Waals surface area (Å²) in [6, 6.07) is 9.53. The molecule has 30 heavy (non-hydrogen) atoms. The fourth-order valence-corrected chi connectivity index (χ4v) is 4.24. The maximum atomic E-state index is 12.5. The van der Waals surface area contributed by atoms with E-state index in [1.807, 2.05) is 34.2 Å². The molecule has 0 radical (unpaired) electrons. The monoisotopic (exact) mass is 485 g/mol. The lowest BCUT2D eigenvalue weighted by molar-refractivity contribution is 0.0514. The van der Waals surface area contributed by atoms with Crippen molar-refractivity contribution in [3.05, 3.63) is 47.0 Å². The van der Waals surface area contributed by atoms with Gasteiger partial charge in [0.2, 0.25) is 0 Å². The number of phenolic OH excluding ortho intramolecular Hbond substituents is 1. The molecule has 0 saturated carbocycles. The highest BCUT2D eigenvalue weighted by Gasteiger charge is 2.28. The molecule has 10 heteroatoms. The zero-order valence-electron chi connectivity index (χ0n) is 16.3. The third-order valence-electron chi connectivity index (χ3n) is 4.63. The maximum absolute atomic E-state index is 12.5. The molecule has 0 unspecified atom stereocenters. The third kappa shape index (κ3) is 4.75. The third-order valence-corrected chi connectivity index (χ3v) is 5.54. The molecule has 4 rings (SSSR count). The molecule has 158 valence electrons. The molecule has 1 aliphatic heterocycles. The Hall–Kier alpha value is -1.80. The topological polar surface area (TPSA) is 60.7 Å². The summed E-state index contributed by atoms with van der Waals surface area (Å²) in [5.74, 6) is 0.237. The summed E-state index contributed by atoms with van der Waals surface area (Å²) in [5, 5.41) is 12.3. The van der Waals surface area contributed by atoms with Crippen molar-refractivity contribution in [1.82, 2.24) is 4.57 Å². The van der Waals surface area contributed by atoms with Crippen molar-refractivity contribution in [2.45, 2.75) is 19.9 Å². The highest BCUT2D eigenvalue weighted by Crippen LogP contribution is 2.44. The molecule has 1 aliphatic rings. The molecule has 0 spiro atoms. The molecule has 3 heterocycles. The predicted molar refractivity (Wildman–Crippen MR) is 124 cm³/mol. The van der Waals surface area contributed by atoms with Gasteiger partial charge in [0, 0.05) is 22.5 Å². The Kier molecular flexibility index (Phi) is 7.63. The molecule has 5 nitrogen and oxygen atoms in total. The Morgan fingerprint density at radius 2 is 2.00 bits per heavy atom. The normalized spacial score (nSPS) is 11.6. The number of aromatic nitrogens is 1. The number of benzene rings is 1. The number of phenols is 1. The fraction of sp³-hybridized carbons (Fsp3) is 0.250. The second kappa shape index (κ2) is 10.0. The smallest absolute Gasteiger partial charge is 0.450 e. The quantitative estimate of drug-likeness (QED) is 0.362. The van der Waals surface area contributed by atoms with E-state index in [4.69, 9.17) is 43.9 Å². The van der Waals surface area contributed by atoms with Crippen molar-refractivity contribution in [2.75, 3.05) is 13.7 Å². The Balaban J connectivity index is 0.000000589. The van der Waals surface area contributed by atoms with Gasteiger partial charge in [0.05, 0.1) is 19.4 Å². The van der Waals surface area contributed by atoms with Gasteiger partial charge in [0.25, 0.3) is 0 Å². The molecule has 0 bridgehead atoms. The summed E-state index contributed by atoms with van der Waals surface area (Å²) >= 11 is 16.0. The number of hydrogen-bond donors (Lipinski definition) is 1. The zero-order valence-corrected chi connectivity index (χ0v) is 19.4. The first kappa shape index (κ1) is 22.9. The van der Waals surface area contributed by atoms with Gasteiger partial charge in [-0.1, -0.05) is 6.07 Å². The number of fused-ring (bicyclic) bond motifs is 3. The van der Waals surface area contributed by atoms with Crippen LogP contribution in [0.4, 0.5) is 0 Å². The number of thiophene rings is 1. The van der Waals surface area contributed by atoms with E-state index < -0.39 is 4.96 Å². The van der Waals surface area contributed by atoms with Crippen molar-refractivity contribution >= 4 is 56.6 Å². The van der Waals surface area contributed by atoms with E-state index in [9.17, 15) is 9.90 Å². The molecule has 0 saturated heterocycles. The van der Waals surface area contributed by atoms with E-state index in [2.05, 4.69) is 0 Å². The van der Waals surface area contributed by atoms with Gasteiger partial charge in [0.1, 0.15) is 5.69 Å². The number of esters is 1. The molecule has 0 amide bonds. The lowest BCUT2D eigenvalue weighted by atomic mass is 9.95. The van der Waals surface area contributed by atoms with Gasteiger partial charge in [-0.05, 0) is 48.6 Å². The van der Waals surface area contributed by atoms with Crippen molar-refractivity contribution in [1.29, 1.82) is 0 Å². The van der Waals surface area contributed by atoms with E-state index in [0.29, 0.717) is 24.6 Å². The molecule has 1 N–H and O–H groups in total. The van der Waals surface area contributed by atoms with E-state index in [1.54, 1.807) is 31.4 Å². The minimum absolute atomic E-state index is 0.0933. The van der Waals surface area contributed by atoms with Gasteiger partial charge in [-0.25, -0.2) is 4.79 Å². The number of rotatable bonds is 4. The van der Waals surface area contributed by atoms with Crippen LogP contribution in [-0.2, 0) is 17.7 Å². The number of halogens is 3. The van der Waals surface area contributed by atoms with Gasteiger partial charge in [-0.15, -0.1) is 11.3 Å². The molecule has 0 atom stereocenters. The Bertz CT molecular complexity index is 1030. The number of hydrogen-bond acceptors (Lipinski definition) is 5. The van der Waals surface area contributed by atoms with Crippen LogP contribution in [0.3, 0.4) is 0 Å². The maximum Gasteiger partial charge on any atom is 0.450 e. The largest absolute Gasteiger partial charge is 0.504 e. The average molecular weight is 487 g/mol. The zero-order chi connectivity index (χ0) is 21.8. The van der Waals surface area contributed by atoms with Gasteiger partial charge in [-0.3, -0.25) is 0 Å². The van der Waals surface area contributed by atoms with Crippen LogP contribution >= 0.6 is 45.7 Å². The number of aromatic hydroxyl groups is 1. The van der Waals surface area contributed by atoms with E-state index in [0.717, 1.165) is 33.7 Å². The standard InChI is InChI=1S/C20H19NO4S.BCl3/c1-3-25-20(23)15-10-14(18-5-4-8-26-18)19-13-11-16(22)17(24-2)9-12(13)6-7-21(15)19;2-1(3)4/h4-5,8-11,22H,3,6-7H2,1-2H3;. The molecule has 0 aliphatic carbocycles. The van der Waals surface area contributed by atoms with Crippen molar-refractivity contribution in [3.8, 4) is 33.2 Å². The average Bonchev–Trinajstić information content (AvgIpc) is 3.35. The molecular formula is C20H19BCl3NO4S. The van der Waals surface area contributed by atoms with Gasteiger partial charge < -0.3 is 19.1 Å². The lowest BCUT2D eigenvalue weighted by Gasteiger charge is -2.23. The molecular weight excluding hydrogens is 467 g/mol. The first-order valence-electron chi connectivity index (χ1n) is 9.14. The molecule has 1 aromatic carbocycles. The van der Waals surface area contributed by atoms with Crippen LogP contribution in [0.2, 0.25) is 0 Å². The van der Waals surface area contributed by atoms with Crippen LogP contribution in [0, 0.1) is 0 Å². The predicted octanol–water partition coefficient (Wildman–Crippen LogP) is 6.02. The minimum atomic E-state index is -0.750. The first-order chi connectivity index (χ1) is 14.4. The van der Waals surface area contributed by atoms with Gasteiger partial charge >= 0.3 is 10.9 Å². The highest BCUT2D eigenvalue weighted by molar-refractivity contribution is 7.54. The molecule has 0 fully saturated rings. The fourth-order valence-electron chi connectivity index (χ4n) is 3.50. The number of nitrogens with zero attached hydrogens (tertiary/aromatic N) is 1. The second-order valence-electron chi connectivity index (χ2n) is 6.32. The van der Waals surface area contributed by atoms with Crippen LogP contribution in [0.15, 0.2) is 35.7 Å². The van der Waals surface area contributed by atoms with Crippen molar-refractivity contribution in [2.24, 2.45) is 0 Å². The Labute approximate surface area is 193 Å². The number of methoxy groups -OCH3 is 1. The van der Waals surface area contributed by atoms with Gasteiger partial charge in [0.15, 0.2) is 11.5 Å². The van der Waals surface area contributed by atoms with Crippen molar-refractivity contribution < 1.29 is 19.4 Å². The van der Waals surface area contributed by atoms with E-state index in [1.165, 1.54) is 0 Å². The van der Waals surface area contributed by atoms with E-state index in [-0.39, 0.29) is 11.7 Å². The number of carbonyl (C=O) groups is 1. The van der Waals surface area contributed by atoms with Crippen LogP contribution in [0.5, 0.6) is 11.5 Å². The highest BCUT2D eigenvalue weighted by atomic mass is 35.6. The summed E-state index contributed by atoms with van der Waals surface area (Å²) in [6.45, 7) is 2.82. The Morgan fingerprint density at radius 3 is 2.60 bits per heavy atom. The number of ether oxygens (including phenoxy) is 2. The second-order valence-corrected chi connectivity index (χ2v) is 9.25. The Morgan fingerprint density at radius 1 is 1.27 bits per heavy atom. The van der Waals surface area contributed by atoms with Crippen LogP contribution < -0.4 is 4.74 Å². The van der Waals surface area contributed by atoms with Crippen molar-refractivity contribution in [3.63, 3.8) is 0 Å². The summed E-state index contributed by atoms with van der Waals surface area (Å²) in [5.41, 5.74) is 4.49. The summed E-state index contributed by atoms with van der Waals surface area (Å²) in [4.78, 5) is 12.8. The van der Waals surface area contributed by atoms with Gasteiger partial charge in [-0.2, -0.15) is 34.4 Å².